The predicted molar refractivity (Wildman–Crippen MR) is 303 cm³/mol. The van der Waals surface area contributed by atoms with Crippen molar-refractivity contribution in [3.63, 3.8) is 0 Å². The molecule has 1 amide bonds. The van der Waals surface area contributed by atoms with Gasteiger partial charge in [0.1, 0.15) is 24.7 Å². The number of nitrogens with one attached hydrogen (secondary N) is 1. The van der Waals surface area contributed by atoms with E-state index in [1.807, 2.05) is 7.05 Å². The summed E-state index contributed by atoms with van der Waals surface area (Å²) in [5.74, 6) is -0.0298. The number of likely N-dealkylation sites (N-methyl/N-ethyl adjacent to an activating group) is 5. The first-order valence-corrected chi connectivity index (χ1v) is 27.9. The number of methoxy groups -OCH3 is 2. The van der Waals surface area contributed by atoms with Crippen LogP contribution < -0.4 is 24.6 Å². The number of carbonyl (C=O) groups excluding carboxylic acids is 1. The largest absolute Gasteiger partial charge is 0.497 e. The molecule has 2 heterocycles. The van der Waals surface area contributed by atoms with E-state index in [1.54, 1.807) is 71.0 Å². The number of aryl methyl sites for hydroxylation is 4. The van der Waals surface area contributed by atoms with Gasteiger partial charge >= 0.3 is 5.97 Å². The molecule has 2 N–H and O–H groups in total. The van der Waals surface area contributed by atoms with Crippen LogP contribution in [0.1, 0.15) is 33.4 Å². The molecule has 76 heavy (non-hydrogen) atoms. The van der Waals surface area contributed by atoms with Crippen LogP contribution in [0.15, 0.2) is 82.6 Å². The first kappa shape index (κ1) is 65.2. The highest BCUT2D eigenvalue weighted by molar-refractivity contribution is 7.89. The average molecular weight is 1120 g/mol. The summed E-state index contributed by atoms with van der Waals surface area (Å²) in [7, 11) is 6.70. The molecule has 424 valence electrons. The Labute approximate surface area is 459 Å². The van der Waals surface area contributed by atoms with Gasteiger partial charge in [-0.15, -0.1) is 12.4 Å². The minimum atomic E-state index is -3.70. The summed E-state index contributed by atoms with van der Waals surface area (Å²) in [6.45, 7) is 16.9. The topological polar surface area (TPSA) is 194 Å². The molecule has 0 radical (unpaired) electrons. The van der Waals surface area contributed by atoms with Crippen molar-refractivity contribution in [2.45, 2.75) is 50.6 Å². The Balaban J connectivity index is 0.000000330. The van der Waals surface area contributed by atoms with Crippen LogP contribution in [-0.4, -0.2) is 206 Å². The van der Waals surface area contributed by atoms with E-state index >= 15 is 0 Å². The molecule has 0 aromatic heterocycles. The van der Waals surface area contributed by atoms with E-state index in [0.717, 1.165) is 68.8 Å². The number of hydrogen-bond donors (Lipinski definition) is 2. The Morgan fingerprint density at radius 3 is 1.29 bits per heavy atom. The summed E-state index contributed by atoms with van der Waals surface area (Å²) in [4.78, 5) is 34.6. The number of carboxylic acids is 1. The Kier molecular flexibility index (Phi) is 26.9. The van der Waals surface area contributed by atoms with E-state index in [1.165, 1.54) is 42.4 Å². The number of rotatable bonds is 22. The molecule has 0 saturated carbocycles. The van der Waals surface area contributed by atoms with Crippen molar-refractivity contribution in [3.8, 4) is 11.5 Å². The van der Waals surface area contributed by atoms with Crippen LogP contribution in [-0.2, 0) is 52.2 Å². The second-order valence-corrected chi connectivity index (χ2v) is 23.0. The van der Waals surface area contributed by atoms with E-state index in [0.29, 0.717) is 40.3 Å². The Morgan fingerprint density at radius 2 is 0.947 bits per heavy atom. The fourth-order valence-electron chi connectivity index (χ4n) is 8.57. The number of anilines is 2. The highest BCUT2D eigenvalue weighted by atomic mass is 35.5. The zero-order chi connectivity index (χ0) is 55.5. The molecule has 0 atom stereocenters. The lowest BCUT2D eigenvalue weighted by Crippen LogP contribution is -2.44. The predicted octanol–water partition coefficient (Wildman–Crippen LogP) is 4.97. The van der Waals surface area contributed by atoms with Crippen molar-refractivity contribution in [2.75, 3.05) is 158 Å². The molecule has 2 fully saturated rings. The monoisotopic (exact) mass is 1120 g/mol. The number of halogens is 1. The molecule has 19 nitrogen and oxygen atoms in total. The molecule has 0 bridgehead atoms. The van der Waals surface area contributed by atoms with E-state index in [2.05, 4.69) is 87.5 Å². The van der Waals surface area contributed by atoms with Gasteiger partial charge in [0.15, 0.2) is 0 Å². The van der Waals surface area contributed by atoms with Crippen LogP contribution in [0.2, 0.25) is 0 Å². The van der Waals surface area contributed by atoms with Crippen LogP contribution in [0, 0.1) is 27.7 Å². The smallest absolute Gasteiger partial charge is 0.329 e. The average Bonchev–Trinajstić information content (AvgIpc) is 3.37. The summed E-state index contributed by atoms with van der Waals surface area (Å²) in [6.07, 6.45) is 0. The minimum absolute atomic E-state index is 0. The van der Waals surface area contributed by atoms with Gasteiger partial charge in [0.25, 0.3) is 0 Å². The molecule has 0 aliphatic carbocycles. The first-order chi connectivity index (χ1) is 35.5. The molecule has 0 spiro atoms. The number of amides is 1. The molecule has 4 aromatic carbocycles. The molecule has 22 heteroatoms. The van der Waals surface area contributed by atoms with Crippen LogP contribution in [0.3, 0.4) is 0 Å². The highest BCUT2D eigenvalue weighted by Gasteiger charge is 2.27. The molecule has 2 aliphatic heterocycles. The van der Waals surface area contributed by atoms with Gasteiger partial charge in [0, 0.05) is 111 Å². The third-order valence-corrected chi connectivity index (χ3v) is 17.4. The number of carboxylic acid groups (broad SMARTS) is 1. The second-order valence-electron chi connectivity index (χ2n) is 19.0. The van der Waals surface area contributed by atoms with Crippen molar-refractivity contribution >= 4 is 55.7 Å². The lowest BCUT2D eigenvalue weighted by Gasteiger charge is -2.34. The minimum Gasteiger partial charge on any atom is -0.497 e. The van der Waals surface area contributed by atoms with Gasteiger partial charge < -0.3 is 53.9 Å². The molecule has 2 saturated heterocycles. The van der Waals surface area contributed by atoms with Crippen molar-refractivity contribution in [1.29, 1.82) is 0 Å². The van der Waals surface area contributed by atoms with Gasteiger partial charge in [-0.25, -0.2) is 21.6 Å². The van der Waals surface area contributed by atoms with Gasteiger partial charge in [-0.2, -0.15) is 8.61 Å². The SMILES string of the molecule is CNCc1ccc(N2CCN(C)CC2)cc1.COc1cc(C)c(S(=O)(=O)N(C)CCOCC(=O)N(C)Cc2ccc(N3CCN(C)CC3)cc2)c(C)c1.COc1cc(C)c(S(=O)(=O)N(C)CCOCC(=O)O)c(C)c1.Cl. The standard InChI is InChI=1S/C27H40N4O5S.C14H21NO6S.C13H21N3.ClH/c1-21-17-25(35-6)18-22(2)27(21)37(33,34)30(5)15-16-36-20-26(32)29(4)19-23-7-9-24(10-8-23)31-13-11-28(3)12-14-31;1-10-7-12(20-4)8-11(2)14(10)22(18,19)15(3)5-6-21-9-13(16)17;1-14-11-12-3-5-13(6-4-12)16-9-7-15(2)8-10-16;/h7-10,17-18H,11-16,19-20H2,1-6H3;7-8H,5-6,9H2,1-4H3,(H,16,17);3-6,14H,7-11H2,1-2H3;1H. The number of nitrogens with zero attached hydrogens (tertiary/aromatic N) is 7. The van der Waals surface area contributed by atoms with Crippen LogP contribution in [0.5, 0.6) is 11.5 Å². The maximum atomic E-state index is 13.1. The van der Waals surface area contributed by atoms with E-state index in [4.69, 9.17) is 24.1 Å². The van der Waals surface area contributed by atoms with Crippen molar-refractivity contribution in [2.24, 2.45) is 0 Å². The molecule has 0 unspecified atom stereocenters. The van der Waals surface area contributed by atoms with Gasteiger partial charge in [-0.3, -0.25) is 4.79 Å². The lowest BCUT2D eigenvalue weighted by atomic mass is 10.1. The number of aliphatic carboxylic acids is 1. The zero-order valence-electron chi connectivity index (χ0n) is 46.6. The zero-order valence-corrected chi connectivity index (χ0v) is 49.1. The maximum Gasteiger partial charge on any atom is 0.329 e. The number of sulfonamides is 2. The summed E-state index contributed by atoms with van der Waals surface area (Å²) in [6, 6.07) is 24.0. The normalized spacial score (nSPS) is 14.3. The highest BCUT2D eigenvalue weighted by Crippen LogP contribution is 2.29. The fourth-order valence-corrected chi connectivity index (χ4v) is 11.7. The summed E-state index contributed by atoms with van der Waals surface area (Å²) in [5.41, 5.74) is 7.38. The van der Waals surface area contributed by atoms with Crippen molar-refractivity contribution < 1.29 is 50.5 Å². The van der Waals surface area contributed by atoms with Gasteiger partial charge in [-0.1, -0.05) is 24.3 Å². The maximum absolute atomic E-state index is 13.1. The van der Waals surface area contributed by atoms with Crippen molar-refractivity contribution in [3.05, 3.63) is 106 Å². The number of carbonyl (C=O) groups is 2. The van der Waals surface area contributed by atoms with E-state index < -0.39 is 32.6 Å². The first-order valence-electron chi connectivity index (χ1n) is 25.1. The third-order valence-electron chi connectivity index (χ3n) is 13.1. The Hall–Kier alpha value is -5.07. The van der Waals surface area contributed by atoms with Gasteiger partial charge in [0.05, 0.1) is 37.2 Å². The molecular formula is C54H83ClN8O11S2. The summed E-state index contributed by atoms with van der Waals surface area (Å²) in [5, 5.41) is 11.6. The third kappa shape index (κ3) is 19.4. The summed E-state index contributed by atoms with van der Waals surface area (Å²) >= 11 is 0. The van der Waals surface area contributed by atoms with Crippen molar-refractivity contribution in [1.82, 2.24) is 28.6 Å². The summed E-state index contributed by atoms with van der Waals surface area (Å²) < 4.78 is 74.6. The number of piperazine rings is 2. The number of ether oxygens (including phenoxy) is 4. The van der Waals surface area contributed by atoms with Crippen LogP contribution in [0.4, 0.5) is 11.4 Å². The number of benzene rings is 4. The molecule has 2 aliphatic rings. The Bertz CT molecular complexity index is 2620. The fraction of sp³-hybridized carbons (Fsp3) is 0.519. The molecule has 6 rings (SSSR count). The quantitative estimate of drug-likeness (QED) is 0.100. The van der Waals surface area contributed by atoms with E-state index in [-0.39, 0.29) is 61.0 Å². The second kappa shape index (κ2) is 31.4. The lowest BCUT2D eigenvalue weighted by molar-refractivity contribution is -0.142. The van der Waals surface area contributed by atoms with E-state index in [9.17, 15) is 26.4 Å². The van der Waals surface area contributed by atoms with Crippen LogP contribution >= 0.6 is 12.4 Å². The van der Waals surface area contributed by atoms with Crippen LogP contribution in [0.25, 0.3) is 0 Å². The van der Waals surface area contributed by atoms with Gasteiger partial charge in [0.2, 0.25) is 26.0 Å². The molecular weight excluding hydrogens is 1040 g/mol. The molecule has 4 aromatic rings. The van der Waals surface area contributed by atoms with Gasteiger partial charge in [-0.05, 0) is 131 Å². The Morgan fingerprint density at radius 1 is 0.592 bits per heavy atom. The number of hydrogen-bond acceptors (Lipinski definition) is 15.